The summed E-state index contributed by atoms with van der Waals surface area (Å²) in [7, 11) is 0. The SMILES string of the molecule is O=C(Nc1ccc(O)cc1F)c1c(O)cccc1F. The number of carbonyl (C=O) groups excluding carboxylic acids is 1. The van der Waals surface area contributed by atoms with Crippen LogP contribution in [-0.4, -0.2) is 16.1 Å². The number of anilines is 1. The topological polar surface area (TPSA) is 69.6 Å². The highest BCUT2D eigenvalue weighted by Crippen LogP contribution is 2.23. The fourth-order valence-electron chi connectivity index (χ4n) is 1.53. The molecule has 0 aliphatic heterocycles. The van der Waals surface area contributed by atoms with E-state index in [9.17, 15) is 18.7 Å². The summed E-state index contributed by atoms with van der Waals surface area (Å²) in [5.41, 5.74) is -0.805. The molecule has 0 saturated heterocycles. The lowest BCUT2D eigenvalue weighted by Gasteiger charge is -2.08. The number of amides is 1. The van der Waals surface area contributed by atoms with Gasteiger partial charge in [0, 0.05) is 6.07 Å². The molecule has 6 heteroatoms. The maximum Gasteiger partial charge on any atom is 0.262 e. The quantitative estimate of drug-likeness (QED) is 0.731. The molecule has 0 heterocycles. The van der Waals surface area contributed by atoms with E-state index >= 15 is 0 Å². The van der Waals surface area contributed by atoms with Crippen molar-refractivity contribution in [3.05, 3.63) is 53.6 Å². The van der Waals surface area contributed by atoms with E-state index < -0.39 is 28.9 Å². The number of aromatic hydroxyl groups is 2. The van der Waals surface area contributed by atoms with Gasteiger partial charge in [-0.25, -0.2) is 8.78 Å². The van der Waals surface area contributed by atoms with Crippen molar-refractivity contribution in [2.45, 2.75) is 0 Å². The standard InChI is InChI=1S/C13H9F2NO3/c14-8-2-1-3-11(18)12(8)13(19)16-10-5-4-7(17)6-9(10)15/h1-6,17-18H,(H,16,19). The summed E-state index contributed by atoms with van der Waals surface area (Å²) in [4.78, 5) is 11.8. The van der Waals surface area contributed by atoms with Crippen LogP contribution >= 0.6 is 0 Å². The zero-order valence-electron chi connectivity index (χ0n) is 9.52. The summed E-state index contributed by atoms with van der Waals surface area (Å²) in [5.74, 6) is -3.62. The first-order chi connectivity index (χ1) is 8.99. The summed E-state index contributed by atoms with van der Waals surface area (Å²) in [6.07, 6.45) is 0. The van der Waals surface area contributed by atoms with Crippen molar-refractivity contribution in [1.82, 2.24) is 0 Å². The lowest BCUT2D eigenvalue weighted by molar-refractivity contribution is 0.102. The maximum absolute atomic E-state index is 13.4. The second-order valence-corrected chi connectivity index (χ2v) is 3.75. The molecule has 0 aliphatic rings. The van der Waals surface area contributed by atoms with Crippen LogP contribution in [0.5, 0.6) is 11.5 Å². The molecule has 0 fully saturated rings. The minimum absolute atomic E-state index is 0.231. The Labute approximate surface area is 106 Å². The monoisotopic (exact) mass is 265 g/mol. The van der Waals surface area contributed by atoms with Crippen LogP contribution in [0.2, 0.25) is 0 Å². The van der Waals surface area contributed by atoms with Crippen molar-refractivity contribution < 1.29 is 23.8 Å². The Kier molecular flexibility index (Phi) is 3.33. The Bertz CT molecular complexity index is 624. The first kappa shape index (κ1) is 12.8. The Balaban J connectivity index is 2.31. The highest BCUT2D eigenvalue weighted by Gasteiger charge is 2.17. The van der Waals surface area contributed by atoms with E-state index in [4.69, 9.17) is 5.11 Å². The summed E-state index contributed by atoms with van der Waals surface area (Å²) < 4.78 is 26.8. The lowest BCUT2D eigenvalue weighted by atomic mass is 10.1. The second kappa shape index (κ2) is 4.93. The van der Waals surface area contributed by atoms with Crippen LogP contribution in [0.4, 0.5) is 14.5 Å². The van der Waals surface area contributed by atoms with Gasteiger partial charge >= 0.3 is 0 Å². The molecule has 0 saturated carbocycles. The van der Waals surface area contributed by atoms with Crippen molar-refractivity contribution in [1.29, 1.82) is 0 Å². The number of hydrogen-bond donors (Lipinski definition) is 3. The first-order valence-electron chi connectivity index (χ1n) is 5.26. The fraction of sp³-hybridized carbons (Fsp3) is 0. The number of benzene rings is 2. The summed E-state index contributed by atoms with van der Waals surface area (Å²) in [5, 5.41) is 20.6. The molecule has 2 aromatic carbocycles. The van der Waals surface area contributed by atoms with E-state index in [0.29, 0.717) is 0 Å². The molecule has 19 heavy (non-hydrogen) atoms. The average molecular weight is 265 g/mol. The van der Waals surface area contributed by atoms with E-state index in [1.54, 1.807) is 0 Å². The van der Waals surface area contributed by atoms with E-state index in [2.05, 4.69) is 5.32 Å². The van der Waals surface area contributed by atoms with Gasteiger partial charge in [0.05, 0.1) is 5.69 Å². The van der Waals surface area contributed by atoms with Gasteiger partial charge in [0.2, 0.25) is 0 Å². The van der Waals surface area contributed by atoms with Gasteiger partial charge in [0.1, 0.15) is 28.7 Å². The number of nitrogens with one attached hydrogen (secondary N) is 1. The highest BCUT2D eigenvalue weighted by atomic mass is 19.1. The van der Waals surface area contributed by atoms with Gasteiger partial charge in [0.15, 0.2) is 0 Å². The number of phenolic OH excluding ortho intramolecular Hbond substituents is 2. The van der Waals surface area contributed by atoms with Gasteiger partial charge in [-0.3, -0.25) is 4.79 Å². The molecule has 4 nitrogen and oxygen atoms in total. The molecule has 0 radical (unpaired) electrons. The Morgan fingerprint density at radius 1 is 1.05 bits per heavy atom. The molecule has 98 valence electrons. The van der Waals surface area contributed by atoms with Crippen LogP contribution in [0, 0.1) is 11.6 Å². The largest absolute Gasteiger partial charge is 0.508 e. The van der Waals surface area contributed by atoms with Crippen molar-refractivity contribution >= 4 is 11.6 Å². The number of hydrogen-bond acceptors (Lipinski definition) is 3. The Morgan fingerprint density at radius 3 is 2.42 bits per heavy atom. The zero-order valence-corrected chi connectivity index (χ0v) is 9.52. The van der Waals surface area contributed by atoms with Crippen LogP contribution in [0.3, 0.4) is 0 Å². The molecule has 2 aromatic rings. The Hall–Kier alpha value is -2.63. The smallest absolute Gasteiger partial charge is 0.262 e. The van der Waals surface area contributed by atoms with Crippen LogP contribution in [0.25, 0.3) is 0 Å². The van der Waals surface area contributed by atoms with Gasteiger partial charge in [-0.15, -0.1) is 0 Å². The van der Waals surface area contributed by atoms with Crippen molar-refractivity contribution in [3.63, 3.8) is 0 Å². The van der Waals surface area contributed by atoms with Crippen molar-refractivity contribution in [2.75, 3.05) is 5.32 Å². The number of rotatable bonds is 2. The van der Waals surface area contributed by atoms with Crippen molar-refractivity contribution in [2.24, 2.45) is 0 Å². The van der Waals surface area contributed by atoms with E-state index in [1.807, 2.05) is 0 Å². The van der Waals surface area contributed by atoms with Crippen LogP contribution in [-0.2, 0) is 0 Å². The number of phenols is 2. The lowest BCUT2D eigenvalue weighted by Crippen LogP contribution is -2.14. The minimum Gasteiger partial charge on any atom is -0.508 e. The van der Waals surface area contributed by atoms with Gasteiger partial charge in [0.25, 0.3) is 5.91 Å². The molecule has 0 spiro atoms. The van der Waals surface area contributed by atoms with Crippen molar-refractivity contribution in [3.8, 4) is 11.5 Å². The van der Waals surface area contributed by atoms with Crippen LogP contribution in [0.15, 0.2) is 36.4 Å². The van der Waals surface area contributed by atoms with Crippen LogP contribution in [0.1, 0.15) is 10.4 Å². The molecule has 1 amide bonds. The molecule has 0 aliphatic carbocycles. The van der Waals surface area contributed by atoms with Crippen LogP contribution < -0.4 is 5.32 Å². The number of carbonyl (C=O) groups is 1. The minimum atomic E-state index is -0.986. The summed E-state index contributed by atoms with van der Waals surface area (Å²) >= 11 is 0. The molecule has 3 N–H and O–H groups in total. The summed E-state index contributed by atoms with van der Waals surface area (Å²) in [6, 6.07) is 6.48. The second-order valence-electron chi connectivity index (χ2n) is 3.75. The fourth-order valence-corrected chi connectivity index (χ4v) is 1.53. The average Bonchev–Trinajstić information content (AvgIpc) is 2.32. The molecular formula is C13H9F2NO3. The molecular weight excluding hydrogens is 256 g/mol. The summed E-state index contributed by atoms with van der Waals surface area (Å²) in [6.45, 7) is 0. The van der Waals surface area contributed by atoms with E-state index in [-0.39, 0.29) is 11.4 Å². The number of halogens is 2. The Morgan fingerprint density at radius 2 is 1.79 bits per heavy atom. The molecule has 0 aromatic heterocycles. The molecule has 2 rings (SSSR count). The van der Waals surface area contributed by atoms with Gasteiger partial charge in [-0.1, -0.05) is 6.07 Å². The zero-order chi connectivity index (χ0) is 14.0. The van der Waals surface area contributed by atoms with Gasteiger partial charge < -0.3 is 15.5 Å². The molecule has 0 atom stereocenters. The highest BCUT2D eigenvalue weighted by molar-refractivity contribution is 6.06. The van der Waals surface area contributed by atoms with Gasteiger partial charge in [-0.05, 0) is 24.3 Å². The third-order valence-corrected chi connectivity index (χ3v) is 2.42. The first-order valence-corrected chi connectivity index (χ1v) is 5.26. The molecule has 0 bridgehead atoms. The predicted octanol–water partition coefficient (Wildman–Crippen LogP) is 2.63. The maximum atomic E-state index is 13.4. The van der Waals surface area contributed by atoms with E-state index in [1.165, 1.54) is 12.1 Å². The van der Waals surface area contributed by atoms with E-state index in [0.717, 1.165) is 24.3 Å². The predicted molar refractivity (Wildman–Crippen MR) is 64.1 cm³/mol. The molecule has 0 unspecified atom stereocenters. The third-order valence-electron chi connectivity index (χ3n) is 2.42. The normalized spacial score (nSPS) is 10.2. The van der Waals surface area contributed by atoms with Gasteiger partial charge in [-0.2, -0.15) is 0 Å². The third kappa shape index (κ3) is 2.62.